The van der Waals surface area contributed by atoms with Crippen LogP contribution in [0, 0.1) is 13.8 Å². The normalized spacial score (nSPS) is 15.2. The lowest BCUT2D eigenvalue weighted by Gasteiger charge is -2.20. The zero-order chi connectivity index (χ0) is 28.7. The molecule has 1 saturated heterocycles. The van der Waals surface area contributed by atoms with Gasteiger partial charge in [-0.1, -0.05) is 36.0 Å². The zero-order valence-corrected chi connectivity index (χ0v) is 22.7. The van der Waals surface area contributed by atoms with E-state index in [-0.39, 0.29) is 11.7 Å². The van der Waals surface area contributed by atoms with E-state index in [1.54, 1.807) is 27.9 Å². The third kappa shape index (κ3) is 5.28. The number of aliphatic imine (C=N–C) groups is 2. The second-order valence-corrected chi connectivity index (χ2v) is 10.4. The number of aryl methyl sites for hydroxylation is 2. The Morgan fingerprint density at radius 3 is 2.49 bits per heavy atom. The van der Waals surface area contributed by atoms with Gasteiger partial charge in [0.15, 0.2) is 5.17 Å². The first-order chi connectivity index (χ1) is 19.7. The Labute approximate surface area is 237 Å². The van der Waals surface area contributed by atoms with E-state index in [0.29, 0.717) is 22.3 Å². The standard InChI is InChI=1S/C30H22F3N5O2S/c1-18-4-3-5-19(2)28(18)38-26(39)15-41-29(38)35-16-34-21-7-12-24-20(14-21)6-13-25-27(24)36-17-37(25)22-8-10-23(11-9-22)40-30(31,32)33/h3-14,16-17H,15H2,1-2H3/b34-16+,35-29-. The molecule has 1 amide bonds. The molecule has 0 spiro atoms. The lowest BCUT2D eigenvalue weighted by molar-refractivity contribution is -0.274. The summed E-state index contributed by atoms with van der Waals surface area (Å²) in [7, 11) is 0. The molecule has 0 bridgehead atoms. The molecule has 41 heavy (non-hydrogen) atoms. The SMILES string of the molecule is Cc1cccc(C)c1N1C(=O)CS/C1=N\C=N\c1ccc2c(ccc3c2ncn3-c2ccc(OC(F)(F)F)cc2)c1. The quantitative estimate of drug-likeness (QED) is 0.161. The van der Waals surface area contributed by atoms with Crippen molar-refractivity contribution in [1.29, 1.82) is 0 Å². The van der Waals surface area contributed by atoms with Gasteiger partial charge in [0.2, 0.25) is 5.91 Å². The van der Waals surface area contributed by atoms with Crippen molar-refractivity contribution in [3.8, 4) is 11.4 Å². The molecule has 1 aromatic heterocycles. The number of nitrogens with zero attached hydrogens (tertiary/aromatic N) is 5. The highest BCUT2D eigenvalue weighted by molar-refractivity contribution is 8.15. The first kappa shape index (κ1) is 26.6. The molecule has 0 N–H and O–H groups in total. The summed E-state index contributed by atoms with van der Waals surface area (Å²) in [6.45, 7) is 3.95. The van der Waals surface area contributed by atoms with Crippen molar-refractivity contribution in [1.82, 2.24) is 9.55 Å². The van der Waals surface area contributed by atoms with Gasteiger partial charge in [0.1, 0.15) is 18.4 Å². The molecule has 1 aliphatic rings. The number of benzene rings is 4. The molecular weight excluding hydrogens is 551 g/mol. The summed E-state index contributed by atoms with van der Waals surface area (Å²) in [5, 5.41) is 2.41. The molecule has 11 heteroatoms. The van der Waals surface area contributed by atoms with Crippen LogP contribution in [0.15, 0.2) is 89.1 Å². The molecule has 2 heterocycles. The Bertz CT molecular complexity index is 1840. The molecular formula is C30H22F3N5O2S. The van der Waals surface area contributed by atoms with Gasteiger partial charge in [0, 0.05) is 11.1 Å². The number of rotatable bonds is 5. The molecule has 1 aliphatic heterocycles. The fourth-order valence-corrected chi connectivity index (χ4v) is 5.70. The average Bonchev–Trinajstić information content (AvgIpc) is 3.52. The van der Waals surface area contributed by atoms with Crippen LogP contribution in [0.2, 0.25) is 0 Å². The summed E-state index contributed by atoms with van der Waals surface area (Å²) in [4.78, 5) is 27.9. The number of anilines is 1. The minimum absolute atomic E-state index is 0.0145. The van der Waals surface area contributed by atoms with Gasteiger partial charge in [-0.15, -0.1) is 13.2 Å². The van der Waals surface area contributed by atoms with Crippen molar-refractivity contribution in [2.24, 2.45) is 9.98 Å². The van der Waals surface area contributed by atoms with Crippen molar-refractivity contribution >= 4 is 62.4 Å². The molecule has 0 saturated carbocycles. The van der Waals surface area contributed by atoms with Crippen LogP contribution in [0.5, 0.6) is 5.75 Å². The number of amidine groups is 1. The number of alkyl halides is 3. The second kappa shape index (κ2) is 10.4. The fraction of sp³-hybridized carbons (Fsp3) is 0.133. The maximum atomic E-state index is 12.7. The highest BCUT2D eigenvalue weighted by Gasteiger charge is 2.32. The maximum absolute atomic E-state index is 12.7. The van der Waals surface area contributed by atoms with E-state index in [2.05, 4.69) is 19.7 Å². The van der Waals surface area contributed by atoms with E-state index in [1.807, 2.05) is 62.4 Å². The van der Waals surface area contributed by atoms with Crippen molar-refractivity contribution < 1.29 is 22.7 Å². The topological polar surface area (TPSA) is 72.1 Å². The molecule has 6 rings (SSSR count). The van der Waals surface area contributed by atoms with Crippen LogP contribution in [0.4, 0.5) is 24.5 Å². The molecule has 4 aromatic carbocycles. The van der Waals surface area contributed by atoms with E-state index in [9.17, 15) is 18.0 Å². The van der Waals surface area contributed by atoms with Crippen molar-refractivity contribution in [3.63, 3.8) is 0 Å². The van der Waals surface area contributed by atoms with Crippen LogP contribution < -0.4 is 9.64 Å². The third-order valence-electron chi connectivity index (χ3n) is 6.67. The first-order valence-electron chi connectivity index (χ1n) is 12.6. The van der Waals surface area contributed by atoms with Gasteiger partial charge in [0.05, 0.1) is 28.2 Å². The van der Waals surface area contributed by atoms with Crippen LogP contribution in [0.3, 0.4) is 0 Å². The molecule has 0 unspecified atom stereocenters. The summed E-state index contributed by atoms with van der Waals surface area (Å²) in [5.74, 6) is 0.0228. The lowest BCUT2D eigenvalue weighted by atomic mass is 10.1. The minimum Gasteiger partial charge on any atom is -0.406 e. The highest BCUT2D eigenvalue weighted by atomic mass is 32.2. The molecule has 206 valence electrons. The molecule has 0 atom stereocenters. The van der Waals surface area contributed by atoms with Crippen LogP contribution in [-0.2, 0) is 4.79 Å². The number of aromatic nitrogens is 2. The summed E-state index contributed by atoms with van der Waals surface area (Å²) in [6.07, 6.45) is -1.65. The number of imidazole rings is 1. The van der Waals surface area contributed by atoms with Crippen LogP contribution in [0.1, 0.15) is 11.1 Å². The van der Waals surface area contributed by atoms with Gasteiger partial charge in [0.25, 0.3) is 0 Å². The number of ether oxygens (including phenoxy) is 1. The number of para-hydroxylation sites is 1. The second-order valence-electron chi connectivity index (χ2n) is 9.41. The Hall–Kier alpha value is -4.64. The summed E-state index contributed by atoms with van der Waals surface area (Å²) in [5.41, 5.74) is 5.75. The van der Waals surface area contributed by atoms with E-state index in [1.165, 1.54) is 30.2 Å². The fourth-order valence-electron chi connectivity index (χ4n) is 4.87. The number of thioether (sulfide) groups is 1. The van der Waals surface area contributed by atoms with E-state index < -0.39 is 6.36 Å². The molecule has 5 aromatic rings. The Balaban J connectivity index is 1.26. The van der Waals surface area contributed by atoms with Crippen molar-refractivity contribution in [2.45, 2.75) is 20.2 Å². The molecule has 7 nitrogen and oxygen atoms in total. The number of hydrogen-bond acceptors (Lipinski definition) is 5. The van der Waals surface area contributed by atoms with Crippen LogP contribution >= 0.6 is 11.8 Å². The number of hydrogen-bond donors (Lipinski definition) is 0. The van der Waals surface area contributed by atoms with Crippen LogP contribution in [-0.4, -0.2) is 39.1 Å². The van der Waals surface area contributed by atoms with Gasteiger partial charge < -0.3 is 4.74 Å². The van der Waals surface area contributed by atoms with Gasteiger partial charge in [-0.05, 0) is 78.9 Å². The first-order valence-corrected chi connectivity index (χ1v) is 13.5. The molecule has 0 radical (unpaired) electrons. The number of fused-ring (bicyclic) bond motifs is 3. The predicted molar refractivity (Wildman–Crippen MR) is 157 cm³/mol. The van der Waals surface area contributed by atoms with Crippen molar-refractivity contribution in [2.75, 3.05) is 10.7 Å². The molecule has 1 fully saturated rings. The number of carbonyl (C=O) groups is 1. The number of carbonyl (C=O) groups excluding carboxylic acids is 1. The lowest BCUT2D eigenvalue weighted by Crippen LogP contribution is -2.30. The number of amides is 1. The van der Waals surface area contributed by atoms with E-state index in [4.69, 9.17) is 0 Å². The number of halogens is 3. The maximum Gasteiger partial charge on any atom is 0.573 e. The minimum atomic E-state index is -4.74. The van der Waals surface area contributed by atoms with Gasteiger partial charge in [-0.25, -0.2) is 15.0 Å². The Morgan fingerprint density at radius 2 is 1.76 bits per heavy atom. The average molecular weight is 574 g/mol. The van der Waals surface area contributed by atoms with Crippen molar-refractivity contribution in [3.05, 3.63) is 90.3 Å². The summed E-state index contributed by atoms with van der Waals surface area (Å²) in [6, 6.07) is 21.1. The van der Waals surface area contributed by atoms with Gasteiger partial charge in [-0.3, -0.25) is 14.3 Å². The summed E-state index contributed by atoms with van der Waals surface area (Å²) >= 11 is 1.38. The highest BCUT2D eigenvalue weighted by Crippen LogP contribution is 2.33. The Morgan fingerprint density at radius 1 is 1.00 bits per heavy atom. The molecule has 0 aliphatic carbocycles. The van der Waals surface area contributed by atoms with Crippen LogP contribution in [0.25, 0.3) is 27.5 Å². The van der Waals surface area contributed by atoms with E-state index in [0.717, 1.165) is 38.6 Å². The zero-order valence-electron chi connectivity index (χ0n) is 21.9. The van der Waals surface area contributed by atoms with Gasteiger partial charge in [-0.2, -0.15) is 0 Å². The third-order valence-corrected chi connectivity index (χ3v) is 7.60. The monoisotopic (exact) mass is 573 g/mol. The Kier molecular flexibility index (Phi) is 6.74. The predicted octanol–water partition coefficient (Wildman–Crippen LogP) is 7.49. The summed E-state index contributed by atoms with van der Waals surface area (Å²) < 4.78 is 43.2. The van der Waals surface area contributed by atoms with E-state index >= 15 is 0 Å². The smallest absolute Gasteiger partial charge is 0.406 e. The largest absolute Gasteiger partial charge is 0.573 e. The van der Waals surface area contributed by atoms with Gasteiger partial charge >= 0.3 is 6.36 Å².